The zero-order valence-corrected chi connectivity index (χ0v) is 25.6. The average Bonchev–Trinajstić information content (AvgIpc) is 3.23. The molecule has 2 fully saturated rings. The summed E-state index contributed by atoms with van der Waals surface area (Å²) in [4.78, 5) is 56.1. The molecular weight excluding hydrogens is 552 g/mol. The third-order valence-corrected chi connectivity index (χ3v) is 8.67. The van der Waals surface area contributed by atoms with Crippen LogP contribution in [0.5, 0.6) is 0 Å². The number of carboxylic acid groups (broad SMARTS) is 1. The van der Waals surface area contributed by atoms with Crippen LogP contribution in [0, 0.1) is 19.8 Å². The standard InChI is InChI=1S/C31H42N6O6/c1-18-13-23-24(14-19(18)2)35-37(34-23)21-15-25-26(38)33-31(28(40)41)16-20(31)11-9-7-6-8-10-12-22(27(39)36(25)17-21)32-29(42)43-30(3,4)5/h9,11,13-14,20-22,25H,6-8,10,12,15-17H2,1-5H3,(H,32,42)(H,33,38)(H,40,41)/t20-,21+,22-,25+,31+/m1/s1. The van der Waals surface area contributed by atoms with Crippen LogP contribution in [0.25, 0.3) is 11.0 Å². The number of hydrogen-bond donors (Lipinski definition) is 3. The van der Waals surface area contributed by atoms with Crippen LogP contribution in [0.15, 0.2) is 24.3 Å². The molecule has 0 radical (unpaired) electrons. The van der Waals surface area contributed by atoms with Crippen LogP contribution in [0.1, 0.15) is 82.9 Å². The molecule has 5 atom stereocenters. The Kier molecular flexibility index (Phi) is 8.24. The van der Waals surface area contributed by atoms with Crippen LogP contribution in [-0.4, -0.2) is 78.6 Å². The summed E-state index contributed by atoms with van der Waals surface area (Å²) in [6.07, 6.45) is 7.14. The predicted molar refractivity (Wildman–Crippen MR) is 158 cm³/mol. The number of fused-ring (bicyclic) bond motifs is 3. The van der Waals surface area contributed by atoms with Crippen molar-refractivity contribution in [2.75, 3.05) is 6.54 Å². The molecule has 2 aromatic rings. The highest BCUT2D eigenvalue weighted by atomic mass is 16.6. The normalized spacial score (nSPS) is 28.3. The van der Waals surface area contributed by atoms with Gasteiger partial charge in [-0.1, -0.05) is 25.0 Å². The maximum absolute atomic E-state index is 14.2. The molecule has 232 valence electrons. The number of nitrogens with one attached hydrogen (secondary N) is 2. The highest BCUT2D eigenvalue weighted by molar-refractivity contribution is 5.96. The van der Waals surface area contributed by atoms with Crippen LogP contribution < -0.4 is 10.6 Å². The van der Waals surface area contributed by atoms with Crippen molar-refractivity contribution in [2.24, 2.45) is 5.92 Å². The van der Waals surface area contributed by atoms with Gasteiger partial charge < -0.3 is 25.4 Å². The summed E-state index contributed by atoms with van der Waals surface area (Å²) in [7, 11) is 0. The fraction of sp³-hybridized carbons (Fsp3) is 0.613. The van der Waals surface area contributed by atoms with E-state index in [1.165, 1.54) is 4.90 Å². The van der Waals surface area contributed by atoms with Gasteiger partial charge in [-0.05, 0) is 83.6 Å². The van der Waals surface area contributed by atoms with E-state index in [9.17, 15) is 24.3 Å². The second-order valence-corrected chi connectivity index (χ2v) is 13.2. The van der Waals surface area contributed by atoms with Gasteiger partial charge in [-0.3, -0.25) is 9.59 Å². The zero-order valence-electron chi connectivity index (χ0n) is 25.6. The van der Waals surface area contributed by atoms with E-state index in [1.54, 1.807) is 25.6 Å². The Labute approximate surface area is 251 Å². The smallest absolute Gasteiger partial charge is 0.408 e. The van der Waals surface area contributed by atoms with Crippen LogP contribution in [0.4, 0.5) is 4.79 Å². The fourth-order valence-corrected chi connectivity index (χ4v) is 6.05. The van der Waals surface area contributed by atoms with Crippen molar-refractivity contribution >= 4 is 34.9 Å². The SMILES string of the molecule is Cc1cc2nn([C@H]3C[C@H]4C(=O)N[C@@]5(C(=O)O)C[C@H]5C=CCCCCC[C@@H](NC(=O)OC(C)(C)C)C(=O)N4C3)nc2cc1C. The third-order valence-electron chi connectivity index (χ3n) is 8.67. The zero-order chi connectivity index (χ0) is 31.1. The van der Waals surface area contributed by atoms with E-state index in [0.717, 1.165) is 30.4 Å². The largest absolute Gasteiger partial charge is 0.479 e. The maximum atomic E-state index is 14.2. The summed E-state index contributed by atoms with van der Waals surface area (Å²) < 4.78 is 5.45. The minimum Gasteiger partial charge on any atom is -0.479 e. The van der Waals surface area contributed by atoms with E-state index in [2.05, 4.69) is 20.8 Å². The molecule has 1 aliphatic carbocycles. The van der Waals surface area contributed by atoms with E-state index >= 15 is 0 Å². The van der Waals surface area contributed by atoms with Gasteiger partial charge in [0, 0.05) is 18.9 Å². The van der Waals surface area contributed by atoms with Crippen molar-refractivity contribution in [3.05, 3.63) is 35.4 Å². The second kappa shape index (κ2) is 11.6. The maximum Gasteiger partial charge on any atom is 0.408 e. The van der Waals surface area contributed by atoms with Gasteiger partial charge in [0.15, 0.2) is 0 Å². The lowest BCUT2D eigenvalue weighted by Crippen LogP contribution is -2.56. The minimum atomic E-state index is -1.40. The molecule has 1 aromatic heterocycles. The molecule has 3 amide bonds. The molecule has 12 heteroatoms. The van der Waals surface area contributed by atoms with Crippen LogP contribution >= 0.6 is 0 Å². The predicted octanol–water partition coefficient (Wildman–Crippen LogP) is 3.56. The highest BCUT2D eigenvalue weighted by Crippen LogP contribution is 2.45. The van der Waals surface area contributed by atoms with Gasteiger partial charge in [-0.25, -0.2) is 9.59 Å². The van der Waals surface area contributed by atoms with Crippen molar-refractivity contribution in [1.82, 2.24) is 30.5 Å². The molecule has 1 saturated heterocycles. The van der Waals surface area contributed by atoms with E-state index < -0.39 is 53.1 Å². The number of ether oxygens (including phenoxy) is 1. The molecule has 5 rings (SSSR count). The van der Waals surface area contributed by atoms with E-state index in [-0.39, 0.29) is 18.9 Å². The molecule has 0 bridgehead atoms. The number of aliphatic carboxylic acids is 1. The monoisotopic (exact) mass is 594 g/mol. The number of aromatic nitrogens is 3. The Bertz CT molecular complexity index is 1420. The molecule has 12 nitrogen and oxygen atoms in total. The number of hydrogen-bond acceptors (Lipinski definition) is 7. The molecule has 1 saturated carbocycles. The molecular formula is C31H42N6O6. The number of nitrogens with zero attached hydrogens (tertiary/aromatic N) is 4. The van der Waals surface area contributed by atoms with E-state index in [1.807, 2.05) is 38.1 Å². The molecule has 3 heterocycles. The number of aryl methyl sites for hydroxylation is 2. The van der Waals surface area contributed by atoms with E-state index in [4.69, 9.17) is 4.74 Å². The lowest BCUT2D eigenvalue weighted by atomic mass is 10.0. The van der Waals surface area contributed by atoms with Crippen LogP contribution in [0.2, 0.25) is 0 Å². The number of carboxylic acids is 1. The molecule has 3 aliphatic rings. The Morgan fingerprint density at radius 1 is 1.09 bits per heavy atom. The Balaban J connectivity index is 1.47. The summed E-state index contributed by atoms with van der Waals surface area (Å²) in [5.74, 6) is -2.36. The van der Waals surface area contributed by atoms with Gasteiger partial charge in [-0.2, -0.15) is 15.0 Å². The van der Waals surface area contributed by atoms with Crippen molar-refractivity contribution in [1.29, 1.82) is 0 Å². The van der Waals surface area contributed by atoms with Crippen molar-refractivity contribution in [3.63, 3.8) is 0 Å². The molecule has 3 N–H and O–H groups in total. The number of rotatable bonds is 3. The summed E-state index contributed by atoms with van der Waals surface area (Å²) in [6, 6.07) is 1.60. The number of allylic oxidation sites excluding steroid dienone is 1. The molecule has 2 aliphatic heterocycles. The minimum absolute atomic E-state index is 0.131. The molecule has 43 heavy (non-hydrogen) atoms. The summed E-state index contributed by atoms with van der Waals surface area (Å²) >= 11 is 0. The fourth-order valence-electron chi connectivity index (χ4n) is 6.05. The van der Waals surface area contributed by atoms with Crippen molar-refractivity contribution < 1.29 is 29.0 Å². The molecule has 1 aromatic carbocycles. The summed E-state index contributed by atoms with van der Waals surface area (Å²) in [5, 5.41) is 24.9. The van der Waals surface area contributed by atoms with Crippen molar-refractivity contribution in [2.45, 2.75) is 109 Å². The van der Waals surface area contributed by atoms with Gasteiger partial charge >= 0.3 is 12.1 Å². The number of benzene rings is 1. The molecule has 0 spiro atoms. The first-order valence-corrected chi connectivity index (χ1v) is 15.1. The Morgan fingerprint density at radius 3 is 2.40 bits per heavy atom. The topological polar surface area (TPSA) is 156 Å². The number of amides is 3. The van der Waals surface area contributed by atoms with Gasteiger partial charge in [0.1, 0.15) is 34.3 Å². The lowest BCUT2D eigenvalue weighted by Gasteiger charge is -2.30. The van der Waals surface area contributed by atoms with Crippen LogP contribution in [0.3, 0.4) is 0 Å². The van der Waals surface area contributed by atoms with Gasteiger partial charge in [0.2, 0.25) is 11.8 Å². The number of alkyl carbamates (subject to hydrolysis) is 1. The third kappa shape index (κ3) is 6.52. The lowest BCUT2D eigenvalue weighted by molar-refractivity contribution is -0.145. The first kappa shape index (κ1) is 30.5. The van der Waals surface area contributed by atoms with Gasteiger partial charge in [-0.15, -0.1) is 0 Å². The van der Waals surface area contributed by atoms with Gasteiger partial charge in [0.05, 0.1) is 6.04 Å². The highest BCUT2D eigenvalue weighted by Gasteiger charge is 2.61. The van der Waals surface area contributed by atoms with E-state index in [0.29, 0.717) is 30.3 Å². The summed E-state index contributed by atoms with van der Waals surface area (Å²) in [6.45, 7) is 9.37. The number of carbonyl (C=O) groups excluding carboxylic acids is 3. The van der Waals surface area contributed by atoms with Crippen LogP contribution in [-0.2, 0) is 19.1 Å². The first-order chi connectivity index (χ1) is 20.3. The van der Waals surface area contributed by atoms with Gasteiger partial charge in [0.25, 0.3) is 0 Å². The van der Waals surface area contributed by atoms with Crippen molar-refractivity contribution in [3.8, 4) is 0 Å². The summed E-state index contributed by atoms with van der Waals surface area (Å²) in [5.41, 5.74) is 1.43. The first-order valence-electron chi connectivity index (χ1n) is 15.1. The number of carbonyl (C=O) groups is 4. The Morgan fingerprint density at radius 2 is 1.77 bits per heavy atom. The quantitative estimate of drug-likeness (QED) is 0.456. The molecule has 0 unspecified atom stereocenters. The Hall–Kier alpha value is -3.96. The second-order valence-electron chi connectivity index (χ2n) is 13.2. The average molecular weight is 595 g/mol.